The standard InChI is InChI=1S/C7H10OS/c1-3-5-9-6-4-7(2)8/h3-4,6H,1,5H2,2H3/b6-4+. The first-order chi connectivity index (χ1) is 4.27. The second-order valence-electron chi connectivity index (χ2n) is 1.54. The third-order valence-corrected chi connectivity index (χ3v) is 1.37. The van der Waals surface area contributed by atoms with Gasteiger partial charge in [0.1, 0.15) is 0 Å². The van der Waals surface area contributed by atoms with Gasteiger partial charge in [0.2, 0.25) is 0 Å². The van der Waals surface area contributed by atoms with Crippen LogP contribution in [0.15, 0.2) is 24.1 Å². The van der Waals surface area contributed by atoms with Crippen LogP contribution in [-0.4, -0.2) is 11.5 Å². The van der Waals surface area contributed by atoms with E-state index in [1.807, 2.05) is 0 Å². The van der Waals surface area contributed by atoms with Gasteiger partial charge in [0.25, 0.3) is 0 Å². The Balaban J connectivity index is 3.24. The van der Waals surface area contributed by atoms with E-state index in [1.54, 1.807) is 29.3 Å². The monoisotopic (exact) mass is 142 g/mol. The van der Waals surface area contributed by atoms with Gasteiger partial charge >= 0.3 is 0 Å². The molecule has 0 heterocycles. The molecule has 0 bridgehead atoms. The molecule has 0 fully saturated rings. The van der Waals surface area contributed by atoms with E-state index in [9.17, 15) is 4.79 Å². The lowest BCUT2D eigenvalue weighted by Crippen LogP contribution is -1.77. The molecule has 50 valence electrons. The molecular weight excluding hydrogens is 132 g/mol. The Hall–Kier alpha value is -0.500. The summed E-state index contributed by atoms with van der Waals surface area (Å²) >= 11 is 1.56. The van der Waals surface area contributed by atoms with Crippen molar-refractivity contribution in [2.45, 2.75) is 6.92 Å². The van der Waals surface area contributed by atoms with Gasteiger partial charge in [-0.2, -0.15) is 0 Å². The Morgan fingerprint density at radius 1 is 1.78 bits per heavy atom. The molecule has 0 aromatic carbocycles. The maximum atomic E-state index is 10.3. The summed E-state index contributed by atoms with van der Waals surface area (Å²) in [6.07, 6.45) is 3.35. The summed E-state index contributed by atoms with van der Waals surface area (Å²) in [5.74, 6) is 0.954. The molecule has 2 heteroatoms. The molecule has 0 saturated carbocycles. The normalized spacial score (nSPS) is 9.89. The molecule has 0 saturated heterocycles. The van der Waals surface area contributed by atoms with E-state index < -0.39 is 0 Å². The van der Waals surface area contributed by atoms with Gasteiger partial charge in [-0.1, -0.05) is 6.08 Å². The summed E-state index contributed by atoms with van der Waals surface area (Å²) in [5, 5.41) is 1.78. The number of allylic oxidation sites excluding steroid dienone is 1. The highest BCUT2D eigenvalue weighted by Gasteiger charge is 1.79. The molecule has 0 aromatic heterocycles. The zero-order valence-electron chi connectivity index (χ0n) is 5.46. The topological polar surface area (TPSA) is 17.1 Å². The summed E-state index contributed by atoms with van der Waals surface area (Å²) in [7, 11) is 0. The molecule has 0 spiro atoms. The molecule has 0 radical (unpaired) electrons. The van der Waals surface area contributed by atoms with Crippen molar-refractivity contribution in [3.63, 3.8) is 0 Å². The zero-order chi connectivity index (χ0) is 7.11. The lowest BCUT2D eigenvalue weighted by molar-refractivity contribution is -0.112. The van der Waals surface area contributed by atoms with Crippen LogP contribution in [0.1, 0.15) is 6.92 Å². The Labute approximate surface area is 59.8 Å². The second kappa shape index (κ2) is 5.63. The first kappa shape index (κ1) is 8.50. The summed E-state index contributed by atoms with van der Waals surface area (Å²) in [4.78, 5) is 10.3. The van der Waals surface area contributed by atoms with E-state index in [2.05, 4.69) is 6.58 Å². The summed E-state index contributed by atoms with van der Waals surface area (Å²) in [6, 6.07) is 0. The predicted octanol–water partition coefficient (Wildman–Crippen LogP) is 2.01. The fourth-order valence-corrected chi connectivity index (χ4v) is 0.803. The quantitative estimate of drug-likeness (QED) is 0.339. The van der Waals surface area contributed by atoms with Crippen LogP contribution in [0.25, 0.3) is 0 Å². The molecule has 0 rings (SSSR count). The molecule has 9 heavy (non-hydrogen) atoms. The third kappa shape index (κ3) is 7.50. The van der Waals surface area contributed by atoms with Gasteiger partial charge in [-0.25, -0.2) is 0 Å². The molecule has 0 aliphatic rings. The van der Waals surface area contributed by atoms with Crippen molar-refractivity contribution in [1.29, 1.82) is 0 Å². The first-order valence-electron chi connectivity index (χ1n) is 2.67. The molecule has 0 aromatic rings. The van der Waals surface area contributed by atoms with Crippen LogP contribution >= 0.6 is 11.8 Å². The maximum absolute atomic E-state index is 10.3. The van der Waals surface area contributed by atoms with Crippen LogP contribution in [0.3, 0.4) is 0 Å². The highest BCUT2D eigenvalue weighted by molar-refractivity contribution is 8.02. The number of ketones is 1. The minimum Gasteiger partial charge on any atom is -0.295 e. The van der Waals surface area contributed by atoms with Crippen molar-refractivity contribution in [2.24, 2.45) is 0 Å². The average Bonchev–Trinajstić information content (AvgIpc) is 1.80. The van der Waals surface area contributed by atoms with Crippen LogP contribution < -0.4 is 0 Å². The maximum Gasteiger partial charge on any atom is 0.153 e. The molecule has 0 aliphatic heterocycles. The number of thioether (sulfide) groups is 1. The van der Waals surface area contributed by atoms with Crippen molar-refractivity contribution in [3.05, 3.63) is 24.1 Å². The van der Waals surface area contributed by atoms with Gasteiger partial charge in [-0.15, -0.1) is 18.3 Å². The predicted molar refractivity (Wildman–Crippen MR) is 42.5 cm³/mol. The van der Waals surface area contributed by atoms with Gasteiger partial charge in [-0.3, -0.25) is 4.79 Å². The van der Waals surface area contributed by atoms with Crippen molar-refractivity contribution >= 4 is 17.5 Å². The SMILES string of the molecule is C=CCS/C=C/C(C)=O. The highest BCUT2D eigenvalue weighted by atomic mass is 32.2. The number of carbonyl (C=O) groups is 1. The van der Waals surface area contributed by atoms with Gasteiger partial charge in [0.05, 0.1) is 0 Å². The van der Waals surface area contributed by atoms with E-state index in [1.165, 1.54) is 6.92 Å². The van der Waals surface area contributed by atoms with Crippen molar-refractivity contribution < 1.29 is 4.79 Å². The van der Waals surface area contributed by atoms with Crippen LogP contribution in [0.4, 0.5) is 0 Å². The second-order valence-corrected chi connectivity index (χ2v) is 2.47. The van der Waals surface area contributed by atoms with Gasteiger partial charge in [0, 0.05) is 5.75 Å². The molecule has 0 atom stereocenters. The molecule has 0 N–H and O–H groups in total. The van der Waals surface area contributed by atoms with Crippen molar-refractivity contribution in [2.75, 3.05) is 5.75 Å². The molecule has 0 aliphatic carbocycles. The Kier molecular flexibility index (Phi) is 5.32. The lowest BCUT2D eigenvalue weighted by Gasteiger charge is -1.82. The summed E-state index contributed by atoms with van der Waals surface area (Å²) in [5.41, 5.74) is 0. The first-order valence-corrected chi connectivity index (χ1v) is 3.72. The average molecular weight is 142 g/mol. The van der Waals surface area contributed by atoms with E-state index >= 15 is 0 Å². The van der Waals surface area contributed by atoms with Crippen LogP contribution in [0.2, 0.25) is 0 Å². The highest BCUT2D eigenvalue weighted by Crippen LogP contribution is 2.00. The number of hydrogen-bond acceptors (Lipinski definition) is 2. The van der Waals surface area contributed by atoms with E-state index in [0.29, 0.717) is 0 Å². The van der Waals surface area contributed by atoms with Crippen LogP contribution in [-0.2, 0) is 4.79 Å². The van der Waals surface area contributed by atoms with Gasteiger partial charge < -0.3 is 0 Å². The third-order valence-electron chi connectivity index (χ3n) is 0.613. The van der Waals surface area contributed by atoms with E-state index in [0.717, 1.165) is 5.75 Å². The van der Waals surface area contributed by atoms with E-state index in [-0.39, 0.29) is 5.78 Å². The van der Waals surface area contributed by atoms with Gasteiger partial charge in [0.15, 0.2) is 5.78 Å². The fourth-order valence-electron chi connectivity index (χ4n) is 0.268. The molecule has 0 amide bonds. The minimum atomic E-state index is 0.0894. The van der Waals surface area contributed by atoms with Crippen LogP contribution in [0, 0.1) is 0 Å². The lowest BCUT2D eigenvalue weighted by atomic mass is 10.5. The largest absolute Gasteiger partial charge is 0.295 e. The Bertz CT molecular complexity index is 127. The van der Waals surface area contributed by atoms with Crippen LogP contribution in [0.5, 0.6) is 0 Å². The minimum absolute atomic E-state index is 0.0894. The number of hydrogen-bond donors (Lipinski definition) is 0. The Morgan fingerprint density at radius 2 is 2.44 bits per heavy atom. The van der Waals surface area contributed by atoms with Crippen molar-refractivity contribution in [3.8, 4) is 0 Å². The smallest absolute Gasteiger partial charge is 0.153 e. The van der Waals surface area contributed by atoms with Gasteiger partial charge in [-0.05, 0) is 18.4 Å². The molecular formula is C7H10OS. The molecule has 1 nitrogen and oxygen atoms in total. The summed E-state index contributed by atoms with van der Waals surface area (Å²) in [6.45, 7) is 5.07. The number of carbonyl (C=O) groups excluding carboxylic acids is 1. The summed E-state index contributed by atoms with van der Waals surface area (Å²) < 4.78 is 0. The number of rotatable bonds is 4. The fraction of sp³-hybridized carbons (Fsp3) is 0.286. The zero-order valence-corrected chi connectivity index (χ0v) is 6.28. The Morgan fingerprint density at radius 3 is 2.89 bits per heavy atom. The van der Waals surface area contributed by atoms with Crippen molar-refractivity contribution in [1.82, 2.24) is 0 Å². The van der Waals surface area contributed by atoms with E-state index in [4.69, 9.17) is 0 Å². The molecule has 0 unspecified atom stereocenters.